The van der Waals surface area contributed by atoms with Gasteiger partial charge in [-0.05, 0) is 0 Å². The largest absolute Gasteiger partial charge is 0.395 e. The molecule has 0 spiro atoms. The predicted octanol–water partition coefficient (Wildman–Crippen LogP) is -2.77. The van der Waals surface area contributed by atoms with E-state index in [4.69, 9.17) is 10.2 Å². The number of β-amino-alcohol motifs (C(OH)–C–C–N with tert-alkyl or cyclic N) is 1. The molecule has 0 aromatic heterocycles. The fraction of sp³-hybridized carbons (Fsp3) is 0.800. The third kappa shape index (κ3) is 4.29. The number of hydrogen-bond acceptors (Lipinski definition) is 5. The summed E-state index contributed by atoms with van der Waals surface area (Å²) in [6.45, 7) is 2.93. The molecule has 1 saturated heterocycles. The van der Waals surface area contributed by atoms with Gasteiger partial charge in [-0.2, -0.15) is 0 Å². The van der Waals surface area contributed by atoms with Gasteiger partial charge in [0.2, 0.25) is 0 Å². The predicted molar refractivity (Wildman–Crippen MR) is 60.2 cm³/mol. The molecule has 98 valence electrons. The number of piperazine rings is 1. The maximum Gasteiger partial charge on any atom is 0.311 e. The van der Waals surface area contributed by atoms with Crippen LogP contribution in [0.5, 0.6) is 0 Å². The van der Waals surface area contributed by atoms with Crippen LogP contribution in [-0.4, -0.2) is 84.3 Å². The van der Waals surface area contributed by atoms with E-state index in [1.807, 2.05) is 4.90 Å². The summed E-state index contributed by atoms with van der Waals surface area (Å²) in [6.07, 6.45) is 0. The average Bonchev–Trinajstić information content (AvgIpc) is 2.36. The van der Waals surface area contributed by atoms with Crippen molar-refractivity contribution >= 4 is 11.8 Å². The van der Waals surface area contributed by atoms with E-state index >= 15 is 0 Å². The molecule has 0 radical (unpaired) electrons. The second-order valence-electron chi connectivity index (χ2n) is 3.84. The number of hydrogen-bond donors (Lipinski definition) is 3. The summed E-state index contributed by atoms with van der Waals surface area (Å²) in [7, 11) is 0. The molecule has 1 aliphatic heterocycles. The smallest absolute Gasteiger partial charge is 0.311 e. The van der Waals surface area contributed by atoms with E-state index in [1.165, 1.54) is 4.90 Å². The summed E-state index contributed by atoms with van der Waals surface area (Å²) >= 11 is 0. The number of carbonyl (C=O) groups is 2. The van der Waals surface area contributed by atoms with Crippen molar-refractivity contribution in [3.05, 3.63) is 0 Å². The monoisotopic (exact) mass is 245 g/mol. The lowest BCUT2D eigenvalue weighted by Gasteiger charge is -2.33. The van der Waals surface area contributed by atoms with Crippen molar-refractivity contribution in [2.75, 3.05) is 52.5 Å². The minimum Gasteiger partial charge on any atom is -0.395 e. The summed E-state index contributed by atoms with van der Waals surface area (Å²) in [6, 6.07) is 0. The topological polar surface area (TPSA) is 93.1 Å². The van der Waals surface area contributed by atoms with Gasteiger partial charge in [0.1, 0.15) is 0 Å². The van der Waals surface area contributed by atoms with Crippen molar-refractivity contribution in [1.82, 2.24) is 15.1 Å². The highest BCUT2D eigenvalue weighted by Crippen LogP contribution is 2.01. The molecule has 0 aliphatic carbocycles. The molecule has 0 bridgehead atoms. The molecule has 1 aliphatic rings. The summed E-state index contributed by atoms with van der Waals surface area (Å²) in [5, 5.41) is 19.6. The van der Waals surface area contributed by atoms with Gasteiger partial charge >= 0.3 is 11.8 Å². The molecular formula is C10H19N3O4. The van der Waals surface area contributed by atoms with Gasteiger partial charge in [0.15, 0.2) is 0 Å². The number of rotatable bonds is 4. The fourth-order valence-electron chi connectivity index (χ4n) is 1.70. The van der Waals surface area contributed by atoms with E-state index in [2.05, 4.69) is 5.32 Å². The highest BCUT2D eigenvalue weighted by atomic mass is 16.3. The van der Waals surface area contributed by atoms with Crippen LogP contribution in [0.4, 0.5) is 0 Å². The van der Waals surface area contributed by atoms with Crippen LogP contribution in [0, 0.1) is 0 Å². The third-order valence-electron chi connectivity index (χ3n) is 2.67. The van der Waals surface area contributed by atoms with Crippen LogP contribution in [0.2, 0.25) is 0 Å². The average molecular weight is 245 g/mol. The Morgan fingerprint density at radius 2 is 1.71 bits per heavy atom. The molecule has 17 heavy (non-hydrogen) atoms. The highest BCUT2D eigenvalue weighted by Gasteiger charge is 2.25. The molecule has 1 fully saturated rings. The molecule has 0 saturated carbocycles. The van der Waals surface area contributed by atoms with Gasteiger partial charge in [-0.25, -0.2) is 0 Å². The van der Waals surface area contributed by atoms with Crippen molar-refractivity contribution in [3.63, 3.8) is 0 Å². The molecule has 7 heteroatoms. The van der Waals surface area contributed by atoms with Crippen LogP contribution in [0.15, 0.2) is 0 Å². The molecule has 0 aromatic carbocycles. The summed E-state index contributed by atoms with van der Waals surface area (Å²) in [4.78, 5) is 26.5. The van der Waals surface area contributed by atoms with Crippen LogP contribution in [0.25, 0.3) is 0 Å². The van der Waals surface area contributed by atoms with Gasteiger partial charge in [0.05, 0.1) is 13.2 Å². The zero-order valence-electron chi connectivity index (χ0n) is 9.76. The summed E-state index contributed by atoms with van der Waals surface area (Å²) in [5.74, 6) is -1.23. The lowest BCUT2D eigenvalue weighted by molar-refractivity contribution is -0.147. The molecule has 7 nitrogen and oxygen atoms in total. The Bertz CT molecular complexity index is 264. The first kappa shape index (κ1) is 13.9. The van der Waals surface area contributed by atoms with Crippen molar-refractivity contribution in [2.45, 2.75) is 0 Å². The van der Waals surface area contributed by atoms with Crippen molar-refractivity contribution in [3.8, 4) is 0 Å². The van der Waals surface area contributed by atoms with E-state index in [-0.39, 0.29) is 19.8 Å². The molecule has 2 amide bonds. The summed E-state index contributed by atoms with van der Waals surface area (Å²) in [5.41, 5.74) is 0. The Labute approximate surface area is 100.0 Å². The fourth-order valence-corrected chi connectivity index (χ4v) is 1.70. The molecule has 1 rings (SSSR count). The SMILES string of the molecule is O=C(NCCO)C(=O)N1CCN(CCO)CC1. The standard InChI is InChI=1S/C10H19N3O4/c14-7-1-11-9(16)10(17)13-4-2-12(3-5-13)6-8-15/h14-15H,1-8H2,(H,11,16). The quantitative estimate of drug-likeness (QED) is 0.466. The van der Waals surface area contributed by atoms with Crippen LogP contribution in [0.1, 0.15) is 0 Å². The first-order valence-corrected chi connectivity index (χ1v) is 5.70. The van der Waals surface area contributed by atoms with Gasteiger partial charge in [-0.1, -0.05) is 0 Å². The zero-order valence-corrected chi connectivity index (χ0v) is 9.76. The number of nitrogens with zero attached hydrogens (tertiary/aromatic N) is 2. The number of aliphatic hydroxyl groups excluding tert-OH is 2. The molecule has 0 aromatic rings. The molecule has 3 N–H and O–H groups in total. The Balaban J connectivity index is 2.32. The van der Waals surface area contributed by atoms with Gasteiger partial charge < -0.3 is 20.4 Å². The maximum absolute atomic E-state index is 11.6. The second-order valence-corrected chi connectivity index (χ2v) is 3.84. The molecule has 0 unspecified atom stereocenters. The minimum absolute atomic E-state index is 0.0923. The van der Waals surface area contributed by atoms with Gasteiger partial charge in [-0.3, -0.25) is 14.5 Å². The number of aliphatic hydroxyl groups is 2. The van der Waals surface area contributed by atoms with Crippen molar-refractivity contribution < 1.29 is 19.8 Å². The lowest BCUT2D eigenvalue weighted by Crippen LogP contribution is -2.53. The van der Waals surface area contributed by atoms with E-state index in [0.29, 0.717) is 32.7 Å². The molecular weight excluding hydrogens is 226 g/mol. The van der Waals surface area contributed by atoms with Crippen molar-refractivity contribution in [1.29, 1.82) is 0 Å². The van der Waals surface area contributed by atoms with E-state index < -0.39 is 11.8 Å². The van der Waals surface area contributed by atoms with Gasteiger partial charge in [0, 0.05) is 39.3 Å². The Morgan fingerprint density at radius 3 is 2.24 bits per heavy atom. The number of carbonyl (C=O) groups excluding carboxylic acids is 2. The lowest BCUT2D eigenvalue weighted by atomic mass is 10.3. The summed E-state index contributed by atoms with van der Waals surface area (Å²) < 4.78 is 0. The van der Waals surface area contributed by atoms with Crippen LogP contribution >= 0.6 is 0 Å². The number of amides is 2. The second kappa shape index (κ2) is 7.21. The van der Waals surface area contributed by atoms with Crippen LogP contribution in [-0.2, 0) is 9.59 Å². The normalized spacial score (nSPS) is 16.9. The first-order valence-electron chi connectivity index (χ1n) is 5.70. The first-order chi connectivity index (χ1) is 8.19. The van der Waals surface area contributed by atoms with Crippen LogP contribution < -0.4 is 5.32 Å². The van der Waals surface area contributed by atoms with E-state index in [1.54, 1.807) is 0 Å². The molecule has 1 heterocycles. The zero-order chi connectivity index (χ0) is 12.7. The maximum atomic E-state index is 11.6. The minimum atomic E-state index is -0.672. The van der Waals surface area contributed by atoms with Crippen LogP contribution in [0.3, 0.4) is 0 Å². The van der Waals surface area contributed by atoms with Crippen molar-refractivity contribution in [2.24, 2.45) is 0 Å². The van der Waals surface area contributed by atoms with E-state index in [0.717, 1.165) is 0 Å². The Hall–Kier alpha value is -1.18. The molecule has 0 atom stereocenters. The van der Waals surface area contributed by atoms with Gasteiger partial charge in [-0.15, -0.1) is 0 Å². The Kier molecular flexibility index (Phi) is 5.88. The Morgan fingerprint density at radius 1 is 1.06 bits per heavy atom. The van der Waals surface area contributed by atoms with Gasteiger partial charge in [0.25, 0.3) is 0 Å². The highest BCUT2D eigenvalue weighted by molar-refractivity contribution is 6.35. The number of nitrogens with one attached hydrogen (secondary N) is 1. The van der Waals surface area contributed by atoms with E-state index in [9.17, 15) is 9.59 Å². The third-order valence-corrected chi connectivity index (χ3v) is 2.67.